The molecule has 2 aromatic rings. The summed E-state index contributed by atoms with van der Waals surface area (Å²) in [5, 5.41) is 7.22. The Morgan fingerprint density at radius 3 is 2.67 bits per heavy atom. The molecular weight excluding hydrogens is 344 g/mol. The standard InChI is InChI=1S/C20H24N4O3/c1-15(22-23-21)17-7-9-18(10-8-17)27-19-11-12-24(13-19)20(25)26-14-16-5-3-2-4-6-16/h2-10,15,19H,11-14H2,1H3,(H2,21,22)/t15-,19+/m0/s1. The van der Waals surface area contributed by atoms with Crippen LogP contribution in [0.5, 0.6) is 5.75 Å². The molecule has 2 aromatic carbocycles. The Morgan fingerprint density at radius 1 is 1.22 bits per heavy atom. The van der Waals surface area contributed by atoms with E-state index in [9.17, 15) is 4.79 Å². The summed E-state index contributed by atoms with van der Waals surface area (Å²) in [6, 6.07) is 17.2. The van der Waals surface area contributed by atoms with Gasteiger partial charge in [-0.1, -0.05) is 47.7 Å². The van der Waals surface area contributed by atoms with E-state index in [0.717, 1.165) is 23.3 Å². The van der Waals surface area contributed by atoms with Crippen LogP contribution in [-0.4, -0.2) is 30.2 Å². The zero-order valence-corrected chi connectivity index (χ0v) is 15.3. The zero-order chi connectivity index (χ0) is 19.1. The van der Waals surface area contributed by atoms with Crippen molar-refractivity contribution in [1.29, 1.82) is 0 Å². The summed E-state index contributed by atoms with van der Waals surface area (Å²) >= 11 is 0. The fraction of sp³-hybridized carbons (Fsp3) is 0.350. The maximum atomic E-state index is 12.2. The lowest BCUT2D eigenvalue weighted by Crippen LogP contribution is -2.31. The number of amides is 1. The molecule has 0 saturated carbocycles. The van der Waals surface area contributed by atoms with E-state index in [0.29, 0.717) is 13.1 Å². The van der Waals surface area contributed by atoms with Crippen LogP contribution in [0, 0.1) is 0 Å². The molecule has 1 aliphatic heterocycles. The van der Waals surface area contributed by atoms with E-state index in [1.54, 1.807) is 4.90 Å². The largest absolute Gasteiger partial charge is 0.489 e. The van der Waals surface area contributed by atoms with Gasteiger partial charge in [-0.05, 0) is 30.2 Å². The molecule has 0 radical (unpaired) electrons. The van der Waals surface area contributed by atoms with Crippen LogP contribution in [0.2, 0.25) is 0 Å². The average molecular weight is 368 g/mol. The number of rotatable bonds is 6. The number of hydrogen-bond donors (Lipinski definition) is 1. The van der Waals surface area contributed by atoms with Crippen molar-refractivity contribution in [3.8, 4) is 5.75 Å². The summed E-state index contributed by atoms with van der Waals surface area (Å²) in [5.41, 5.74) is 1.98. The van der Waals surface area contributed by atoms with Crippen LogP contribution in [0.4, 0.5) is 4.79 Å². The van der Waals surface area contributed by atoms with Gasteiger partial charge >= 0.3 is 6.09 Å². The highest BCUT2D eigenvalue weighted by molar-refractivity contribution is 5.68. The first-order valence-corrected chi connectivity index (χ1v) is 8.98. The number of ether oxygens (including phenoxy) is 2. The van der Waals surface area contributed by atoms with Crippen molar-refractivity contribution in [2.75, 3.05) is 13.1 Å². The van der Waals surface area contributed by atoms with Crippen LogP contribution in [0.3, 0.4) is 0 Å². The van der Waals surface area contributed by atoms with Crippen molar-refractivity contribution in [2.45, 2.75) is 32.1 Å². The molecule has 0 aliphatic carbocycles. The number of hydrogen-bond acceptors (Lipinski definition) is 5. The summed E-state index contributed by atoms with van der Waals surface area (Å²) in [6.07, 6.45) is 0.433. The highest BCUT2D eigenvalue weighted by Crippen LogP contribution is 2.23. The normalized spacial score (nSPS) is 17.8. The Kier molecular flexibility index (Phi) is 6.25. The number of benzene rings is 2. The van der Waals surface area contributed by atoms with Crippen molar-refractivity contribution in [1.82, 2.24) is 4.90 Å². The molecule has 2 atom stereocenters. The molecule has 2 N–H and O–H groups in total. The van der Waals surface area contributed by atoms with Gasteiger partial charge in [0.25, 0.3) is 0 Å². The van der Waals surface area contributed by atoms with Crippen molar-refractivity contribution >= 4 is 6.09 Å². The van der Waals surface area contributed by atoms with Gasteiger partial charge in [-0.25, -0.2) is 4.79 Å². The van der Waals surface area contributed by atoms with E-state index in [4.69, 9.17) is 15.3 Å². The molecule has 0 spiro atoms. The lowest BCUT2D eigenvalue weighted by molar-refractivity contribution is 0.0991. The van der Waals surface area contributed by atoms with Gasteiger partial charge in [0.15, 0.2) is 0 Å². The van der Waals surface area contributed by atoms with Crippen LogP contribution >= 0.6 is 0 Å². The second kappa shape index (κ2) is 9.02. The van der Waals surface area contributed by atoms with E-state index >= 15 is 0 Å². The van der Waals surface area contributed by atoms with Crippen LogP contribution in [0.1, 0.15) is 30.5 Å². The second-order valence-electron chi connectivity index (χ2n) is 6.49. The van der Waals surface area contributed by atoms with E-state index in [-0.39, 0.29) is 24.8 Å². The number of carbonyl (C=O) groups excluding carboxylic acids is 1. The molecule has 1 saturated heterocycles. The molecule has 3 rings (SSSR count). The molecule has 1 heterocycles. The Labute approximate surface area is 158 Å². The fourth-order valence-corrected chi connectivity index (χ4v) is 2.98. The van der Waals surface area contributed by atoms with Gasteiger partial charge in [0, 0.05) is 13.0 Å². The van der Waals surface area contributed by atoms with Crippen LogP contribution in [0.25, 0.3) is 0 Å². The van der Waals surface area contributed by atoms with Crippen LogP contribution in [-0.2, 0) is 11.3 Å². The van der Waals surface area contributed by atoms with Gasteiger partial charge < -0.3 is 20.2 Å². The van der Waals surface area contributed by atoms with Crippen molar-refractivity contribution < 1.29 is 14.3 Å². The van der Waals surface area contributed by atoms with Gasteiger partial charge in [0.2, 0.25) is 0 Å². The molecule has 0 unspecified atom stereocenters. The second-order valence-corrected chi connectivity index (χ2v) is 6.49. The number of nitrogens with two attached hydrogens (primary N) is 1. The smallest absolute Gasteiger partial charge is 0.410 e. The van der Waals surface area contributed by atoms with Crippen LogP contribution < -0.4 is 10.6 Å². The van der Waals surface area contributed by atoms with Gasteiger partial charge in [-0.15, -0.1) is 0 Å². The lowest BCUT2D eigenvalue weighted by atomic mass is 10.1. The predicted molar refractivity (Wildman–Crippen MR) is 101 cm³/mol. The van der Waals surface area contributed by atoms with Gasteiger partial charge in [-0.2, -0.15) is 5.11 Å². The summed E-state index contributed by atoms with van der Waals surface area (Å²) in [6.45, 7) is 3.35. The first-order chi connectivity index (χ1) is 13.2. The first kappa shape index (κ1) is 18.7. The third-order valence-corrected chi connectivity index (χ3v) is 4.51. The third-order valence-electron chi connectivity index (χ3n) is 4.51. The Bertz CT molecular complexity index is 765. The van der Waals surface area contributed by atoms with E-state index in [1.165, 1.54) is 0 Å². The predicted octanol–water partition coefficient (Wildman–Crippen LogP) is 3.86. The fourth-order valence-electron chi connectivity index (χ4n) is 2.98. The highest BCUT2D eigenvalue weighted by atomic mass is 16.6. The molecule has 1 amide bonds. The van der Waals surface area contributed by atoms with Gasteiger partial charge in [0.1, 0.15) is 18.5 Å². The maximum Gasteiger partial charge on any atom is 0.410 e. The van der Waals surface area contributed by atoms with Gasteiger partial charge in [-0.3, -0.25) is 0 Å². The molecule has 27 heavy (non-hydrogen) atoms. The molecule has 1 fully saturated rings. The molecule has 1 aliphatic rings. The molecule has 7 nitrogen and oxygen atoms in total. The summed E-state index contributed by atoms with van der Waals surface area (Å²) < 4.78 is 11.4. The molecule has 0 bridgehead atoms. The zero-order valence-electron chi connectivity index (χ0n) is 15.3. The Hall–Kier alpha value is -3.09. The summed E-state index contributed by atoms with van der Waals surface area (Å²) in [7, 11) is 0. The maximum absolute atomic E-state index is 12.2. The number of carbonyl (C=O) groups is 1. The van der Waals surface area contributed by atoms with Crippen molar-refractivity contribution in [3.05, 3.63) is 65.7 Å². The lowest BCUT2D eigenvalue weighted by Gasteiger charge is -2.17. The minimum atomic E-state index is -0.304. The average Bonchev–Trinajstić information content (AvgIpc) is 3.16. The SMILES string of the molecule is C[C@H](N=NN)c1ccc(O[C@@H]2CCN(C(=O)OCc3ccccc3)C2)cc1. The minimum absolute atomic E-state index is 0.0405. The monoisotopic (exact) mass is 368 g/mol. The van der Waals surface area contributed by atoms with Crippen LogP contribution in [0.15, 0.2) is 64.9 Å². The number of likely N-dealkylation sites (tertiary alicyclic amines) is 1. The quantitative estimate of drug-likeness (QED) is 0.476. The highest BCUT2D eigenvalue weighted by Gasteiger charge is 2.28. The topological polar surface area (TPSA) is 89.5 Å². The minimum Gasteiger partial charge on any atom is -0.489 e. The Balaban J connectivity index is 1.47. The molecule has 0 aromatic heterocycles. The first-order valence-electron chi connectivity index (χ1n) is 8.98. The van der Waals surface area contributed by atoms with E-state index in [1.807, 2.05) is 61.5 Å². The Morgan fingerprint density at radius 2 is 1.96 bits per heavy atom. The van der Waals surface area contributed by atoms with Crippen molar-refractivity contribution in [3.63, 3.8) is 0 Å². The molecule has 7 heteroatoms. The number of nitrogens with zero attached hydrogens (tertiary/aromatic N) is 3. The van der Waals surface area contributed by atoms with E-state index < -0.39 is 0 Å². The molecule has 142 valence electrons. The summed E-state index contributed by atoms with van der Waals surface area (Å²) in [5.74, 6) is 5.85. The third kappa shape index (κ3) is 5.20. The van der Waals surface area contributed by atoms with Crippen molar-refractivity contribution in [2.24, 2.45) is 16.2 Å². The van der Waals surface area contributed by atoms with E-state index in [2.05, 4.69) is 10.3 Å². The summed E-state index contributed by atoms with van der Waals surface area (Å²) in [4.78, 5) is 13.9. The van der Waals surface area contributed by atoms with Gasteiger partial charge in [0.05, 0.1) is 12.6 Å². The molecular formula is C20H24N4O3.